The van der Waals surface area contributed by atoms with Gasteiger partial charge in [-0.25, -0.2) is 8.42 Å². The average Bonchev–Trinajstić information content (AvgIpc) is 2.82. The first kappa shape index (κ1) is 15.1. The predicted molar refractivity (Wildman–Crippen MR) is 68.8 cm³/mol. The number of aliphatic hydroxyl groups is 1. The van der Waals surface area contributed by atoms with Crippen LogP contribution in [0.1, 0.15) is 6.92 Å². The Kier molecular flexibility index (Phi) is 5.27. The Bertz CT molecular complexity index is 484. The zero-order valence-corrected chi connectivity index (χ0v) is 11.8. The number of thiophene rings is 1. The summed E-state index contributed by atoms with van der Waals surface area (Å²) in [6, 6.07) is 2.74. The number of rotatable bonds is 6. The minimum Gasteiger partial charge on any atom is -0.394 e. The van der Waals surface area contributed by atoms with Crippen LogP contribution in [0.5, 0.6) is 0 Å². The van der Waals surface area contributed by atoms with Crippen LogP contribution >= 0.6 is 11.3 Å². The average molecular weight is 292 g/mol. The number of likely N-dealkylation sites (N-methyl/N-ethyl adjacent to an activating group) is 1. The van der Waals surface area contributed by atoms with Crippen LogP contribution in [0.15, 0.2) is 21.7 Å². The van der Waals surface area contributed by atoms with Crippen LogP contribution in [0.25, 0.3) is 0 Å². The highest BCUT2D eigenvalue weighted by Crippen LogP contribution is 2.19. The van der Waals surface area contributed by atoms with E-state index in [4.69, 9.17) is 5.11 Å². The predicted octanol–water partition coefficient (Wildman–Crippen LogP) is -0.134. The molecule has 0 bridgehead atoms. The Morgan fingerprint density at radius 3 is 2.78 bits per heavy atom. The third-order valence-electron chi connectivity index (χ3n) is 2.21. The van der Waals surface area contributed by atoms with Crippen molar-refractivity contribution in [3.8, 4) is 0 Å². The molecule has 0 spiro atoms. The summed E-state index contributed by atoms with van der Waals surface area (Å²) in [6.07, 6.45) is 0. The van der Waals surface area contributed by atoms with Gasteiger partial charge in [0.1, 0.15) is 4.21 Å². The lowest BCUT2D eigenvalue weighted by molar-refractivity contribution is -0.122. The van der Waals surface area contributed by atoms with E-state index < -0.39 is 22.0 Å². The van der Waals surface area contributed by atoms with Crippen molar-refractivity contribution >= 4 is 27.3 Å². The van der Waals surface area contributed by atoms with Gasteiger partial charge < -0.3 is 10.4 Å². The summed E-state index contributed by atoms with van der Waals surface area (Å²) in [5.41, 5.74) is 0. The lowest BCUT2D eigenvalue weighted by Gasteiger charge is -2.17. The molecular weight excluding hydrogens is 276 g/mol. The summed E-state index contributed by atoms with van der Waals surface area (Å²) in [5.74, 6) is -0.445. The smallest absolute Gasteiger partial charge is 0.252 e. The van der Waals surface area contributed by atoms with Gasteiger partial charge in [0.2, 0.25) is 5.91 Å². The molecule has 0 saturated heterocycles. The van der Waals surface area contributed by atoms with Gasteiger partial charge in [0.15, 0.2) is 0 Å². The first-order valence-electron chi connectivity index (χ1n) is 5.28. The van der Waals surface area contributed by atoms with Crippen molar-refractivity contribution in [3.05, 3.63) is 17.5 Å². The van der Waals surface area contributed by atoms with Crippen molar-refractivity contribution in [3.63, 3.8) is 0 Å². The summed E-state index contributed by atoms with van der Waals surface area (Å²) in [4.78, 5) is 11.5. The van der Waals surface area contributed by atoms with Gasteiger partial charge in [-0.2, -0.15) is 4.31 Å². The van der Waals surface area contributed by atoms with Crippen LogP contribution in [0.2, 0.25) is 0 Å². The van der Waals surface area contributed by atoms with Crippen LogP contribution in [-0.2, 0) is 14.8 Å². The maximum Gasteiger partial charge on any atom is 0.252 e. The quantitative estimate of drug-likeness (QED) is 0.764. The van der Waals surface area contributed by atoms with E-state index in [0.29, 0.717) is 0 Å². The molecule has 0 fully saturated rings. The number of amides is 1. The van der Waals surface area contributed by atoms with E-state index in [9.17, 15) is 13.2 Å². The first-order chi connectivity index (χ1) is 8.37. The number of hydrogen-bond donors (Lipinski definition) is 2. The second-order valence-electron chi connectivity index (χ2n) is 3.84. The number of hydrogen-bond acceptors (Lipinski definition) is 5. The Balaban J connectivity index is 2.66. The standard InChI is InChI=1S/C10H16N2O4S2/c1-8(7-13)11-9(14)6-12(2)18(15,16)10-4-3-5-17-10/h3-5,8,13H,6-7H2,1-2H3,(H,11,14). The molecular formula is C10H16N2O4S2. The molecule has 0 aliphatic heterocycles. The SMILES string of the molecule is CC(CO)NC(=O)CN(C)S(=O)(=O)c1cccs1. The van der Waals surface area contributed by atoms with Crippen LogP contribution in [0, 0.1) is 0 Å². The molecule has 1 atom stereocenters. The van der Waals surface area contributed by atoms with Gasteiger partial charge >= 0.3 is 0 Å². The number of aliphatic hydroxyl groups excluding tert-OH is 1. The molecule has 1 aromatic rings. The largest absolute Gasteiger partial charge is 0.394 e. The van der Waals surface area contributed by atoms with Gasteiger partial charge in [0.25, 0.3) is 10.0 Å². The molecule has 1 aromatic heterocycles. The molecule has 1 amide bonds. The molecule has 1 rings (SSSR count). The van der Waals surface area contributed by atoms with Gasteiger partial charge in [-0.15, -0.1) is 11.3 Å². The summed E-state index contributed by atoms with van der Waals surface area (Å²) >= 11 is 1.10. The number of nitrogens with one attached hydrogen (secondary N) is 1. The minimum absolute atomic E-state index is 0.187. The van der Waals surface area contributed by atoms with E-state index >= 15 is 0 Å². The van der Waals surface area contributed by atoms with E-state index in [1.165, 1.54) is 13.1 Å². The topological polar surface area (TPSA) is 86.7 Å². The summed E-state index contributed by atoms with van der Waals surface area (Å²) in [6.45, 7) is 1.17. The van der Waals surface area contributed by atoms with Crippen LogP contribution < -0.4 is 5.32 Å². The van der Waals surface area contributed by atoms with Crippen molar-refractivity contribution < 1.29 is 18.3 Å². The highest BCUT2D eigenvalue weighted by atomic mass is 32.2. The highest BCUT2D eigenvalue weighted by molar-refractivity contribution is 7.91. The molecule has 1 heterocycles. The van der Waals surface area contributed by atoms with E-state index in [0.717, 1.165) is 15.6 Å². The number of nitrogens with zero attached hydrogens (tertiary/aromatic N) is 1. The second kappa shape index (κ2) is 6.28. The normalized spacial score (nSPS) is 13.6. The van der Waals surface area contributed by atoms with Gasteiger partial charge in [0, 0.05) is 13.1 Å². The van der Waals surface area contributed by atoms with Gasteiger partial charge in [-0.1, -0.05) is 6.07 Å². The number of sulfonamides is 1. The molecule has 0 aliphatic carbocycles. The maximum atomic E-state index is 12.0. The zero-order valence-electron chi connectivity index (χ0n) is 10.2. The molecule has 2 N–H and O–H groups in total. The van der Waals surface area contributed by atoms with Crippen molar-refractivity contribution in [2.75, 3.05) is 20.2 Å². The lowest BCUT2D eigenvalue weighted by atomic mass is 10.3. The summed E-state index contributed by atoms with van der Waals surface area (Å²) in [7, 11) is -2.26. The first-order valence-corrected chi connectivity index (χ1v) is 7.60. The summed E-state index contributed by atoms with van der Waals surface area (Å²) < 4.78 is 25.2. The van der Waals surface area contributed by atoms with Crippen LogP contribution in [0.4, 0.5) is 0 Å². The van der Waals surface area contributed by atoms with E-state index in [2.05, 4.69) is 5.32 Å². The van der Waals surface area contributed by atoms with E-state index in [-0.39, 0.29) is 17.4 Å². The Labute approximate surface area is 110 Å². The van der Waals surface area contributed by atoms with Crippen molar-refractivity contribution in [2.45, 2.75) is 17.2 Å². The maximum absolute atomic E-state index is 12.0. The van der Waals surface area contributed by atoms with Crippen molar-refractivity contribution in [2.24, 2.45) is 0 Å². The van der Waals surface area contributed by atoms with Crippen LogP contribution in [-0.4, -0.2) is 50.0 Å². The number of carbonyl (C=O) groups excluding carboxylic acids is 1. The van der Waals surface area contributed by atoms with Crippen molar-refractivity contribution in [1.29, 1.82) is 0 Å². The molecule has 0 aromatic carbocycles. The fourth-order valence-corrected chi connectivity index (χ4v) is 3.55. The van der Waals surface area contributed by atoms with Gasteiger partial charge in [0.05, 0.1) is 13.2 Å². The van der Waals surface area contributed by atoms with Gasteiger partial charge in [-0.3, -0.25) is 4.79 Å². The fourth-order valence-electron chi connectivity index (χ4n) is 1.22. The molecule has 18 heavy (non-hydrogen) atoms. The molecule has 1 unspecified atom stereocenters. The van der Waals surface area contributed by atoms with E-state index in [1.54, 1.807) is 18.4 Å². The van der Waals surface area contributed by atoms with Gasteiger partial charge in [-0.05, 0) is 18.4 Å². The Morgan fingerprint density at radius 2 is 2.28 bits per heavy atom. The Hall–Kier alpha value is -0.960. The zero-order chi connectivity index (χ0) is 13.8. The third-order valence-corrected chi connectivity index (χ3v) is 5.38. The van der Waals surface area contributed by atoms with E-state index in [1.807, 2.05) is 0 Å². The monoisotopic (exact) mass is 292 g/mol. The Morgan fingerprint density at radius 1 is 1.61 bits per heavy atom. The molecule has 0 radical (unpaired) electrons. The molecule has 0 aliphatic rings. The molecule has 102 valence electrons. The van der Waals surface area contributed by atoms with Crippen LogP contribution in [0.3, 0.4) is 0 Å². The highest BCUT2D eigenvalue weighted by Gasteiger charge is 2.24. The second-order valence-corrected chi connectivity index (χ2v) is 7.06. The minimum atomic E-state index is -3.60. The van der Waals surface area contributed by atoms with Crippen molar-refractivity contribution in [1.82, 2.24) is 9.62 Å². The lowest BCUT2D eigenvalue weighted by Crippen LogP contribution is -2.42. The molecule has 8 heteroatoms. The third kappa shape index (κ3) is 3.77. The molecule has 6 nitrogen and oxygen atoms in total. The fraction of sp³-hybridized carbons (Fsp3) is 0.500. The summed E-state index contributed by atoms with van der Waals surface area (Å²) in [5, 5.41) is 12.9. The molecule has 0 saturated carbocycles. The number of carbonyl (C=O) groups is 1.